The highest BCUT2D eigenvalue weighted by atomic mass is 16.3. The predicted octanol–water partition coefficient (Wildman–Crippen LogP) is 1.53. The lowest BCUT2D eigenvalue weighted by molar-refractivity contribution is 0.475. The zero-order chi connectivity index (χ0) is 11.7. The van der Waals surface area contributed by atoms with Crippen LogP contribution in [0.5, 0.6) is 5.75 Å². The summed E-state index contributed by atoms with van der Waals surface area (Å²) in [4.78, 5) is 8.64. The molecule has 5 heteroatoms. The van der Waals surface area contributed by atoms with Gasteiger partial charge in [-0.3, -0.25) is 0 Å². The van der Waals surface area contributed by atoms with Crippen LogP contribution < -0.4 is 10.6 Å². The zero-order valence-corrected chi connectivity index (χ0v) is 9.14. The van der Waals surface area contributed by atoms with Gasteiger partial charge in [-0.25, -0.2) is 9.97 Å². The monoisotopic (exact) mass is 228 g/mol. The number of hydrogen-bond donors (Lipinski definition) is 3. The van der Waals surface area contributed by atoms with Crippen LogP contribution in [0.4, 0.5) is 11.6 Å². The van der Waals surface area contributed by atoms with E-state index >= 15 is 0 Å². The molecule has 0 unspecified atom stereocenters. The summed E-state index contributed by atoms with van der Waals surface area (Å²) in [6.07, 6.45) is 1.83. The fraction of sp³-hybridized carbons (Fsp3) is 0.167. The number of phenolic OH excluding ortho intramolecular Hbond substituents is 1. The van der Waals surface area contributed by atoms with Crippen LogP contribution in [-0.4, -0.2) is 15.1 Å². The molecule has 0 amide bonds. The Hall–Kier alpha value is -2.14. The van der Waals surface area contributed by atoms with Crippen LogP contribution >= 0.6 is 0 Å². The number of phenols is 1. The average Bonchev–Trinajstić information content (AvgIpc) is 2.76. The maximum Gasteiger partial charge on any atom is 0.227 e. The first-order valence-corrected chi connectivity index (χ1v) is 5.43. The molecule has 0 spiro atoms. The van der Waals surface area contributed by atoms with Crippen molar-refractivity contribution in [3.8, 4) is 5.75 Å². The third kappa shape index (κ3) is 2.05. The summed E-state index contributed by atoms with van der Waals surface area (Å²) in [6, 6.07) is 6.88. The van der Waals surface area contributed by atoms with Crippen molar-refractivity contribution in [2.45, 2.75) is 13.1 Å². The molecule has 3 rings (SSSR count). The predicted molar refractivity (Wildman–Crippen MR) is 64.0 cm³/mol. The Kier molecular flexibility index (Phi) is 2.38. The molecule has 1 aromatic carbocycles. The highest BCUT2D eigenvalue weighted by Crippen LogP contribution is 2.20. The van der Waals surface area contributed by atoms with Crippen LogP contribution in [0.15, 0.2) is 30.5 Å². The molecule has 1 aliphatic rings. The molecule has 0 atom stereocenters. The minimum absolute atomic E-state index is 0.220. The number of aromatic hydroxyl groups is 1. The van der Waals surface area contributed by atoms with Gasteiger partial charge in [0.1, 0.15) is 5.75 Å². The Morgan fingerprint density at radius 2 is 2.24 bits per heavy atom. The molecule has 2 aromatic rings. The van der Waals surface area contributed by atoms with Crippen molar-refractivity contribution < 1.29 is 5.11 Å². The highest BCUT2D eigenvalue weighted by molar-refractivity contribution is 5.55. The first-order chi connectivity index (χ1) is 8.31. The summed E-state index contributed by atoms with van der Waals surface area (Å²) >= 11 is 0. The number of hydrogen-bond acceptors (Lipinski definition) is 5. The molecular formula is C12H12N4O. The zero-order valence-electron chi connectivity index (χ0n) is 9.14. The van der Waals surface area contributed by atoms with Crippen LogP contribution in [-0.2, 0) is 13.1 Å². The van der Waals surface area contributed by atoms with E-state index < -0.39 is 0 Å². The molecule has 2 heterocycles. The van der Waals surface area contributed by atoms with Crippen LogP contribution in [0, 0.1) is 0 Å². The molecule has 0 radical (unpaired) electrons. The summed E-state index contributed by atoms with van der Waals surface area (Å²) in [5.41, 5.74) is 2.95. The van der Waals surface area contributed by atoms with Gasteiger partial charge in [0.05, 0.1) is 5.69 Å². The van der Waals surface area contributed by atoms with Gasteiger partial charge in [-0.05, 0) is 12.1 Å². The van der Waals surface area contributed by atoms with Crippen LogP contribution in [0.2, 0.25) is 0 Å². The van der Waals surface area contributed by atoms with Crippen molar-refractivity contribution in [2.24, 2.45) is 0 Å². The Morgan fingerprint density at radius 1 is 1.29 bits per heavy atom. The molecular weight excluding hydrogens is 216 g/mol. The number of benzene rings is 1. The smallest absolute Gasteiger partial charge is 0.227 e. The van der Waals surface area contributed by atoms with Crippen molar-refractivity contribution >= 4 is 11.6 Å². The molecule has 86 valence electrons. The van der Waals surface area contributed by atoms with Gasteiger partial charge in [0.2, 0.25) is 5.95 Å². The fourth-order valence-electron chi connectivity index (χ4n) is 1.83. The lowest BCUT2D eigenvalue weighted by Crippen LogP contribution is -2.01. The molecule has 0 saturated heterocycles. The van der Waals surface area contributed by atoms with Crippen molar-refractivity contribution in [3.63, 3.8) is 0 Å². The van der Waals surface area contributed by atoms with E-state index in [0.717, 1.165) is 30.0 Å². The topological polar surface area (TPSA) is 70.1 Å². The number of nitrogens with one attached hydrogen (secondary N) is 2. The second-order valence-corrected chi connectivity index (χ2v) is 3.94. The summed E-state index contributed by atoms with van der Waals surface area (Å²) in [5, 5.41) is 15.6. The van der Waals surface area contributed by atoms with Gasteiger partial charge in [-0.1, -0.05) is 6.07 Å². The van der Waals surface area contributed by atoms with E-state index in [0.29, 0.717) is 5.95 Å². The van der Waals surface area contributed by atoms with E-state index in [9.17, 15) is 5.11 Å². The SMILES string of the molecule is Oc1cccc(Nc2ncc3c(n2)CNC3)c1. The largest absolute Gasteiger partial charge is 0.508 e. The molecule has 17 heavy (non-hydrogen) atoms. The number of rotatable bonds is 2. The van der Waals surface area contributed by atoms with Gasteiger partial charge in [0.15, 0.2) is 0 Å². The van der Waals surface area contributed by atoms with Gasteiger partial charge in [-0.2, -0.15) is 0 Å². The van der Waals surface area contributed by atoms with Gasteiger partial charge in [0.25, 0.3) is 0 Å². The number of aromatic nitrogens is 2. The van der Waals surface area contributed by atoms with E-state index in [1.54, 1.807) is 18.2 Å². The average molecular weight is 228 g/mol. The summed E-state index contributed by atoms with van der Waals surface area (Å²) in [7, 11) is 0. The third-order valence-electron chi connectivity index (χ3n) is 2.66. The van der Waals surface area contributed by atoms with Crippen molar-refractivity contribution in [3.05, 3.63) is 41.7 Å². The number of fused-ring (bicyclic) bond motifs is 1. The van der Waals surface area contributed by atoms with Crippen LogP contribution in [0.1, 0.15) is 11.3 Å². The molecule has 3 N–H and O–H groups in total. The summed E-state index contributed by atoms with van der Waals surface area (Å²) < 4.78 is 0. The fourth-order valence-corrected chi connectivity index (χ4v) is 1.83. The quantitative estimate of drug-likeness (QED) is 0.727. The lowest BCUT2D eigenvalue weighted by Gasteiger charge is -2.06. The molecule has 1 aromatic heterocycles. The van der Waals surface area contributed by atoms with E-state index in [2.05, 4.69) is 20.6 Å². The van der Waals surface area contributed by atoms with E-state index in [-0.39, 0.29) is 5.75 Å². The van der Waals surface area contributed by atoms with Gasteiger partial charge < -0.3 is 15.7 Å². The lowest BCUT2D eigenvalue weighted by atomic mass is 10.3. The molecule has 1 aliphatic heterocycles. The number of anilines is 2. The first-order valence-electron chi connectivity index (χ1n) is 5.43. The van der Waals surface area contributed by atoms with Crippen molar-refractivity contribution in [1.82, 2.24) is 15.3 Å². The van der Waals surface area contributed by atoms with Gasteiger partial charge in [0, 0.05) is 36.6 Å². The second-order valence-electron chi connectivity index (χ2n) is 3.94. The summed E-state index contributed by atoms with van der Waals surface area (Å²) in [6.45, 7) is 1.62. The Bertz CT molecular complexity index is 556. The maximum absolute atomic E-state index is 9.36. The van der Waals surface area contributed by atoms with Crippen molar-refractivity contribution in [2.75, 3.05) is 5.32 Å². The maximum atomic E-state index is 9.36. The minimum atomic E-state index is 0.220. The minimum Gasteiger partial charge on any atom is -0.508 e. The Labute approximate surface area is 98.5 Å². The molecule has 0 fully saturated rings. The molecule has 5 nitrogen and oxygen atoms in total. The molecule has 0 bridgehead atoms. The summed E-state index contributed by atoms with van der Waals surface area (Å²) in [5.74, 6) is 0.774. The Balaban J connectivity index is 1.86. The number of nitrogens with zero attached hydrogens (tertiary/aromatic N) is 2. The van der Waals surface area contributed by atoms with Crippen molar-refractivity contribution in [1.29, 1.82) is 0 Å². The highest BCUT2D eigenvalue weighted by Gasteiger charge is 2.12. The van der Waals surface area contributed by atoms with Crippen LogP contribution in [0.3, 0.4) is 0 Å². The van der Waals surface area contributed by atoms with Gasteiger partial charge >= 0.3 is 0 Å². The van der Waals surface area contributed by atoms with Crippen LogP contribution in [0.25, 0.3) is 0 Å². The third-order valence-corrected chi connectivity index (χ3v) is 2.66. The van der Waals surface area contributed by atoms with E-state index in [1.165, 1.54) is 0 Å². The Morgan fingerprint density at radius 3 is 3.12 bits per heavy atom. The standard InChI is InChI=1S/C12H12N4O/c17-10-3-1-2-9(4-10)15-12-14-6-8-5-13-7-11(8)16-12/h1-4,6,13,17H,5,7H2,(H,14,15,16). The van der Waals surface area contributed by atoms with Gasteiger partial charge in [-0.15, -0.1) is 0 Å². The first kappa shape index (κ1) is 10.0. The normalized spacial score (nSPS) is 13.4. The van der Waals surface area contributed by atoms with E-state index in [4.69, 9.17) is 0 Å². The second kappa shape index (κ2) is 4.03. The molecule has 0 saturated carbocycles. The van der Waals surface area contributed by atoms with E-state index in [1.807, 2.05) is 12.3 Å². The molecule has 0 aliphatic carbocycles.